The number of anilines is 2. The van der Waals surface area contributed by atoms with Crippen molar-refractivity contribution in [3.8, 4) is 11.3 Å². The summed E-state index contributed by atoms with van der Waals surface area (Å²) in [6.45, 7) is 4.05. The quantitative estimate of drug-likeness (QED) is 0.677. The Kier molecular flexibility index (Phi) is 5.38. The molecule has 4 rings (SSSR count). The average molecular weight is 371 g/mol. The molecule has 4 nitrogen and oxygen atoms in total. The Morgan fingerprint density at radius 1 is 0.929 bits per heavy atom. The molecule has 3 aromatic rings. The van der Waals surface area contributed by atoms with E-state index in [0.717, 1.165) is 35.7 Å². The smallest absolute Gasteiger partial charge is 0.257 e. The summed E-state index contributed by atoms with van der Waals surface area (Å²) < 4.78 is 0. The van der Waals surface area contributed by atoms with Crippen molar-refractivity contribution < 1.29 is 4.79 Å². The van der Waals surface area contributed by atoms with E-state index in [2.05, 4.69) is 27.3 Å². The lowest BCUT2D eigenvalue weighted by molar-refractivity contribution is 0.102. The maximum Gasteiger partial charge on any atom is 0.257 e. The van der Waals surface area contributed by atoms with Gasteiger partial charge >= 0.3 is 0 Å². The van der Waals surface area contributed by atoms with Crippen molar-refractivity contribution >= 4 is 17.3 Å². The van der Waals surface area contributed by atoms with Crippen LogP contribution in [0.5, 0.6) is 0 Å². The van der Waals surface area contributed by atoms with Crippen LogP contribution in [-0.4, -0.2) is 24.0 Å². The second kappa shape index (κ2) is 8.26. The Balaban J connectivity index is 1.51. The van der Waals surface area contributed by atoms with E-state index in [9.17, 15) is 4.79 Å². The third kappa shape index (κ3) is 4.06. The number of piperidine rings is 1. The van der Waals surface area contributed by atoms with Gasteiger partial charge in [-0.15, -0.1) is 0 Å². The third-order valence-corrected chi connectivity index (χ3v) is 5.23. The van der Waals surface area contributed by atoms with Crippen LogP contribution in [0.2, 0.25) is 0 Å². The van der Waals surface area contributed by atoms with E-state index in [1.165, 1.54) is 24.9 Å². The molecular weight excluding hydrogens is 346 g/mol. The van der Waals surface area contributed by atoms with Gasteiger partial charge in [0.2, 0.25) is 0 Å². The van der Waals surface area contributed by atoms with E-state index in [4.69, 9.17) is 0 Å². The van der Waals surface area contributed by atoms with E-state index in [1.54, 1.807) is 0 Å². The van der Waals surface area contributed by atoms with Crippen LogP contribution in [0.4, 0.5) is 11.4 Å². The number of hydrogen-bond acceptors (Lipinski definition) is 3. The minimum absolute atomic E-state index is 0.125. The van der Waals surface area contributed by atoms with Gasteiger partial charge in [-0.1, -0.05) is 36.4 Å². The summed E-state index contributed by atoms with van der Waals surface area (Å²) in [6, 6.07) is 21.9. The normalized spacial score (nSPS) is 14.0. The van der Waals surface area contributed by atoms with Gasteiger partial charge in [0, 0.05) is 30.0 Å². The first-order valence-corrected chi connectivity index (χ1v) is 9.90. The van der Waals surface area contributed by atoms with E-state index < -0.39 is 0 Å². The Morgan fingerprint density at radius 2 is 1.71 bits per heavy atom. The van der Waals surface area contributed by atoms with Crippen LogP contribution in [-0.2, 0) is 0 Å². The molecule has 4 heteroatoms. The van der Waals surface area contributed by atoms with Crippen LogP contribution < -0.4 is 10.2 Å². The maximum atomic E-state index is 12.8. The number of benzene rings is 2. The van der Waals surface area contributed by atoms with Gasteiger partial charge in [0.1, 0.15) is 0 Å². The van der Waals surface area contributed by atoms with Gasteiger partial charge in [0.25, 0.3) is 5.91 Å². The molecule has 1 N–H and O–H groups in total. The van der Waals surface area contributed by atoms with E-state index in [-0.39, 0.29) is 5.91 Å². The summed E-state index contributed by atoms with van der Waals surface area (Å²) in [4.78, 5) is 19.8. The molecule has 0 bridgehead atoms. The van der Waals surface area contributed by atoms with Crippen molar-refractivity contribution in [3.63, 3.8) is 0 Å². The van der Waals surface area contributed by atoms with Gasteiger partial charge in [0.05, 0.1) is 17.0 Å². The first-order valence-electron chi connectivity index (χ1n) is 9.90. The lowest BCUT2D eigenvalue weighted by Crippen LogP contribution is -2.29. The first kappa shape index (κ1) is 18.2. The topological polar surface area (TPSA) is 45.2 Å². The van der Waals surface area contributed by atoms with Crippen molar-refractivity contribution in [1.82, 2.24) is 4.98 Å². The molecule has 142 valence electrons. The predicted octanol–water partition coefficient (Wildman–Crippen LogP) is 5.30. The Hall–Kier alpha value is -3.14. The van der Waals surface area contributed by atoms with E-state index in [1.807, 2.05) is 61.5 Å². The third-order valence-electron chi connectivity index (χ3n) is 5.23. The number of pyridine rings is 1. The molecule has 2 heterocycles. The molecule has 0 spiro atoms. The number of aromatic nitrogens is 1. The highest BCUT2D eigenvalue weighted by Gasteiger charge is 2.14. The standard InChI is InChI=1S/C24H25N3O/c1-18-22(13-14-23(25-18)19-9-4-2-5-10-19)24(28)26-20-11-8-12-21(17-20)27-15-6-3-7-16-27/h2,4-5,8-14,17H,3,6-7,15-16H2,1H3,(H,26,28). The highest BCUT2D eigenvalue weighted by molar-refractivity contribution is 6.05. The second-order valence-electron chi connectivity index (χ2n) is 7.25. The lowest BCUT2D eigenvalue weighted by Gasteiger charge is -2.29. The zero-order valence-electron chi connectivity index (χ0n) is 16.2. The van der Waals surface area contributed by atoms with Gasteiger partial charge in [-0.25, -0.2) is 0 Å². The number of carbonyl (C=O) groups excluding carboxylic acids is 1. The SMILES string of the molecule is Cc1nc(-c2ccccc2)ccc1C(=O)Nc1cccc(N2CCCCC2)c1. The molecule has 28 heavy (non-hydrogen) atoms. The highest BCUT2D eigenvalue weighted by Crippen LogP contribution is 2.24. The van der Waals surface area contributed by atoms with Crippen LogP contribution in [0.3, 0.4) is 0 Å². The molecule has 0 radical (unpaired) electrons. The summed E-state index contributed by atoms with van der Waals surface area (Å²) in [5.74, 6) is -0.125. The molecule has 2 aromatic carbocycles. The summed E-state index contributed by atoms with van der Waals surface area (Å²) >= 11 is 0. The van der Waals surface area contributed by atoms with Crippen molar-refractivity contribution in [2.45, 2.75) is 26.2 Å². The fourth-order valence-corrected chi connectivity index (χ4v) is 3.70. The molecule has 0 saturated carbocycles. The van der Waals surface area contributed by atoms with E-state index >= 15 is 0 Å². The number of hydrogen-bond donors (Lipinski definition) is 1. The average Bonchev–Trinajstić information content (AvgIpc) is 2.75. The van der Waals surface area contributed by atoms with Gasteiger partial charge in [0.15, 0.2) is 0 Å². The van der Waals surface area contributed by atoms with Gasteiger partial charge in [-0.2, -0.15) is 0 Å². The number of nitrogens with one attached hydrogen (secondary N) is 1. The number of rotatable bonds is 4. The van der Waals surface area contributed by atoms with Crippen LogP contribution >= 0.6 is 0 Å². The number of carbonyl (C=O) groups is 1. The molecular formula is C24H25N3O. The summed E-state index contributed by atoms with van der Waals surface area (Å²) in [5.41, 5.74) is 5.24. The monoisotopic (exact) mass is 371 g/mol. The molecule has 0 unspecified atom stereocenters. The molecule has 0 atom stereocenters. The predicted molar refractivity (Wildman–Crippen MR) is 115 cm³/mol. The minimum Gasteiger partial charge on any atom is -0.371 e. The molecule has 1 aliphatic heterocycles. The lowest BCUT2D eigenvalue weighted by atomic mass is 10.1. The largest absolute Gasteiger partial charge is 0.371 e. The highest BCUT2D eigenvalue weighted by atomic mass is 16.1. The number of nitrogens with zero attached hydrogens (tertiary/aromatic N) is 2. The summed E-state index contributed by atoms with van der Waals surface area (Å²) in [5, 5.41) is 3.03. The van der Waals surface area contributed by atoms with Gasteiger partial charge < -0.3 is 10.2 Å². The summed E-state index contributed by atoms with van der Waals surface area (Å²) in [6.07, 6.45) is 3.77. The van der Waals surface area contributed by atoms with E-state index in [0.29, 0.717) is 5.56 Å². The fraction of sp³-hybridized carbons (Fsp3) is 0.250. The molecule has 1 aliphatic rings. The van der Waals surface area contributed by atoms with Crippen LogP contribution in [0.25, 0.3) is 11.3 Å². The van der Waals surface area contributed by atoms with Gasteiger partial charge in [-0.3, -0.25) is 9.78 Å². The second-order valence-corrected chi connectivity index (χ2v) is 7.25. The van der Waals surface area contributed by atoms with Crippen molar-refractivity contribution in [1.29, 1.82) is 0 Å². The Labute approximate surface area is 166 Å². The zero-order valence-corrected chi connectivity index (χ0v) is 16.2. The molecule has 1 fully saturated rings. The molecule has 0 aliphatic carbocycles. The van der Waals surface area contributed by atoms with Crippen molar-refractivity contribution in [2.75, 3.05) is 23.3 Å². The van der Waals surface area contributed by atoms with Gasteiger partial charge in [-0.05, 0) is 56.5 Å². The minimum atomic E-state index is -0.125. The van der Waals surface area contributed by atoms with Crippen LogP contribution in [0, 0.1) is 6.92 Å². The Morgan fingerprint density at radius 3 is 2.46 bits per heavy atom. The van der Waals surface area contributed by atoms with Crippen molar-refractivity contribution in [2.24, 2.45) is 0 Å². The van der Waals surface area contributed by atoms with Crippen LogP contribution in [0.15, 0.2) is 66.7 Å². The Bertz CT molecular complexity index is 963. The fourth-order valence-electron chi connectivity index (χ4n) is 3.70. The number of amides is 1. The maximum absolute atomic E-state index is 12.8. The zero-order chi connectivity index (χ0) is 19.3. The molecule has 1 aromatic heterocycles. The first-order chi connectivity index (χ1) is 13.7. The molecule has 1 amide bonds. The van der Waals surface area contributed by atoms with Crippen LogP contribution in [0.1, 0.15) is 35.3 Å². The summed E-state index contributed by atoms with van der Waals surface area (Å²) in [7, 11) is 0. The molecule has 1 saturated heterocycles. The van der Waals surface area contributed by atoms with Crippen molar-refractivity contribution in [3.05, 3.63) is 78.0 Å². The number of aryl methyl sites for hydroxylation is 1.